The highest BCUT2D eigenvalue weighted by Crippen LogP contribution is 2.30. The van der Waals surface area contributed by atoms with Gasteiger partial charge in [0, 0.05) is 25.2 Å². The van der Waals surface area contributed by atoms with E-state index in [-0.39, 0.29) is 0 Å². The Bertz CT molecular complexity index is 433. The second kappa shape index (κ2) is 6.98. The zero-order chi connectivity index (χ0) is 14.5. The molecule has 0 spiro atoms. The first-order chi connectivity index (χ1) is 9.63. The molecule has 0 amide bonds. The first-order valence-corrected chi connectivity index (χ1v) is 7.79. The Morgan fingerprint density at radius 2 is 2.05 bits per heavy atom. The van der Waals surface area contributed by atoms with Gasteiger partial charge in [-0.25, -0.2) is 0 Å². The summed E-state index contributed by atoms with van der Waals surface area (Å²) in [6.07, 6.45) is 3.56. The summed E-state index contributed by atoms with van der Waals surface area (Å²) < 4.78 is 5.55. The van der Waals surface area contributed by atoms with Gasteiger partial charge in [-0.1, -0.05) is 13.0 Å². The quantitative estimate of drug-likeness (QED) is 0.916. The van der Waals surface area contributed by atoms with Crippen molar-refractivity contribution in [1.82, 2.24) is 5.32 Å². The van der Waals surface area contributed by atoms with Gasteiger partial charge in [-0.05, 0) is 50.8 Å². The third-order valence-corrected chi connectivity index (χ3v) is 4.27. The van der Waals surface area contributed by atoms with Gasteiger partial charge in [-0.3, -0.25) is 0 Å². The van der Waals surface area contributed by atoms with Crippen LogP contribution in [-0.4, -0.2) is 32.3 Å². The summed E-state index contributed by atoms with van der Waals surface area (Å²) in [5, 5.41) is 3.72. The van der Waals surface area contributed by atoms with Crippen LogP contribution in [0.3, 0.4) is 0 Å². The Morgan fingerprint density at radius 1 is 1.30 bits per heavy atom. The highest BCUT2D eigenvalue weighted by molar-refractivity contribution is 5.60. The third-order valence-electron chi connectivity index (χ3n) is 4.27. The molecule has 2 rings (SSSR count). The average Bonchev–Trinajstić information content (AvgIpc) is 2.43. The molecule has 0 bridgehead atoms. The summed E-state index contributed by atoms with van der Waals surface area (Å²) in [7, 11) is 1.76. The van der Waals surface area contributed by atoms with Gasteiger partial charge >= 0.3 is 0 Å². The molecule has 0 aromatic heterocycles. The number of benzene rings is 1. The van der Waals surface area contributed by atoms with E-state index in [2.05, 4.69) is 49.2 Å². The molecular weight excluding hydrogens is 248 g/mol. The molecular formula is C17H28N2O. The van der Waals surface area contributed by atoms with Crippen molar-refractivity contribution in [2.24, 2.45) is 0 Å². The van der Waals surface area contributed by atoms with Gasteiger partial charge < -0.3 is 15.0 Å². The molecule has 2 atom stereocenters. The summed E-state index contributed by atoms with van der Waals surface area (Å²) in [4.78, 5) is 2.49. The van der Waals surface area contributed by atoms with Crippen molar-refractivity contribution in [3.8, 4) is 5.75 Å². The van der Waals surface area contributed by atoms with Crippen LogP contribution in [0.5, 0.6) is 5.75 Å². The van der Waals surface area contributed by atoms with E-state index in [0.29, 0.717) is 12.1 Å². The third kappa shape index (κ3) is 3.66. The number of methoxy groups -OCH3 is 1. The first kappa shape index (κ1) is 15.2. The summed E-state index contributed by atoms with van der Waals surface area (Å²) >= 11 is 0. The fourth-order valence-electron chi connectivity index (χ4n) is 2.95. The van der Waals surface area contributed by atoms with Crippen LogP contribution in [0.15, 0.2) is 18.2 Å². The highest BCUT2D eigenvalue weighted by Gasteiger charge is 2.19. The van der Waals surface area contributed by atoms with Gasteiger partial charge in [0.25, 0.3) is 0 Å². The van der Waals surface area contributed by atoms with Crippen LogP contribution in [-0.2, 0) is 0 Å². The zero-order valence-electron chi connectivity index (χ0n) is 13.3. The van der Waals surface area contributed by atoms with Crippen molar-refractivity contribution in [3.05, 3.63) is 23.8 Å². The summed E-state index contributed by atoms with van der Waals surface area (Å²) in [6, 6.07) is 7.66. The van der Waals surface area contributed by atoms with Crippen molar-refractivity contribution < 1.29 is 4.74 Å². The molecule has 20 heavy (non-hydrogen) atoms. The lowest BCUT2D eigenvalue weighted by Gasteiger charge is -2.34. The number of hydrogen-bond acceptors (Lipinski definition) is 3. The number of rotatable bonds is 3. The minimum absolute atomic E-state index is 0.582. The summed E-state index contributed by atoms with van der Waals surface area (Å²) in [5.74, 6) is 0.991. The lowest BCUT2D eigenvalue weighted by molar-refractivity contribution is 0.374. The van der Waals surface area contributed by atoms with E-state index in [1.54, 1.807) is 7.11 Å². The van der Waals surface area contributed by atoms with Crippen molar-refractivity contribution in [2.45, 2.75) is 52.1 Å². The number of aryl methyl sites for hydroxylation is 1. The maximum atomic E-state index is 5.55. The topological polar surface area (TPSA) is 24.5 Å². The summed E-state index contributed by atoms with van der Waals surface area (Å²) in [6.45, 7) is 8.89. The van der Waals surface area contributed by atoms with Crippen LogP contribution >= 0.6 is 0 Å². The summed E-state index contributed by atoms with van der Waals surface area (Å²) in [5.41, 5.74) is 2.54. The second-order valence-corrected chi connectivity index (χ2v) is 5.91. The highest BCUT2D eigenvalue weighted by atomic mass is 16.5. The molecule has 0 radical (unpaired) electrons. The monoisotopic (exact) mass is 276 g/mol. The van der Waals surface area contributed by atoms with Gasteiger partial charge in [0.1, 0.15) is 5.75 Å². The maximum absolute atomic E-state index is 5.55. The Balaban J connectivity index is 2.19. The molecule has 1 heterocycles. The number of hydrogen-bond donors (Lipinski definition) is 1. The number of ether oxygens (including phenoxy) is 1. The Morgan fingerprint density at radius 3 is 2.75 bits per heavy atom. The molecule has 1 saturated heterocycles. The molecule has 1 aromatic rings. The van der Waals surface area contributed by atoms with Gasteiger partial charge in [0.2, 0.25) is 0 Å². The Labute approximate surface area is 123 Å². The predicted molar refractivity (Wildman–Crippen MR) is 85.9 cm³/mol. The van der Waals surface area contributed by atoms with Gasteiger partial charge in [0.15, 0.2) is 0 Å². The Hall–Kier alpha value is -1.22. The largest absolute Gasteiger partial charge is 0.495 e. The van der Waals surface area contributed by atoms with Crippen LogP contribution < -0.4 is 15.0 Å². The molecule has 3 heteroatoms. The van der Waals surface area contributed by atoms with E-state index in [9.17, 15) is 0 Å². The van der Waals surface area contributed by atoms with E-state index >= 15 is 0 Å². The van der Waals surface area contributed by atoms with E-state index in [4.69, 9.17) is 4.74 Å². The smallest absolute Gasteiger partial charge is 0.142 e. The number of nitrogens with one attached hydrogen (secondary N) is 1. The first-order valence-electron chi connectivity index (χ1n) is 7.79. The van der Waals surface area contributed by atoms with Crippen LogP contribution in [0.4, 0.5) is 5.69 Å². The fourth-order valence-corrected chi connectivity index (χ4v) is 2.95. The van der Waals surface area contributed by atoms with Gasteiger partial charge in [-0.15, -0.1) is 0 Å². The maximum Gasteiger partial charge on any atom is 0.142 e. The van der Waals surface area contributed by atoms with Crippen molar-refractivity contribution in [1.29, 1.82) is 0 Å². The van der Waals surface area contributed by atoms with E-state index < -0.39 is 0 Å². The SMILES string of the molecule is CCC1CCN(c2cc(C)ccc2OC)CCC(C)N1. The fraction of sp³-hybridized carbons (Fsp3) is 0.647. The second-order valence-electron chi connectivity index (χ2n) is 5.91. The predicted octanol–water partition coefficient (Wildman–Crippen LogP) is 3.36. The van der Waals surface area contributed by atoms with Gasteiger partial charge in [-0.2, -0.15) is 0 Å². The van der Waals surface area contributed by atoms with Crippen LogP contribution in [0.25, 0.3) is 0 Å². The van der Waals surface area contributed by atoms with Crippen molar-refractivity contribution >= 4 is 5.69 Å². The minimum Gasteiger partial charge on any atom is -0.495 e. The van der Waals surface area contributed by atoms with Crippen molar-refractivity contribution in [2.75, 3.05) is 25.1 Å². The molecule has 3 nitrogen and oxygen atoms in total. The molecule has 0 aliphatic carbocycles. The van der Waals surface area contributed by atoms with E-state index in [1.165, 1.54) is 30.5 Å². The molecule has 112 valence electrons. The molecule has 0 saturated carbocycles. The average molecular weight is 276 g/mol. The van der Waals surface area contributed by atoms with Crippen molar-refractivity contribution in [3.63, 3.8) is 0 Å². The van der Waals surface area contributed by atoms with Gasteiger partial charge in [0.05, 0.1) is 12.8 Å². The lowest BCUT2D eigenvalue weighted by atomic mass is 10.0. The van der Waals surface area contributed by atoms with E-state index in [1.807, 2.05) is 0 Å². The normalized spacial score (nSPS) is 24.1. The van der Waals surface area contributed by atoms with E-state index in [0.717, 1.165) is 18.8 Å². The standard InChI is InChI=1S/C17H28N2O/c1-5-15-9-11-19(10-8-14(3)18-15)16-12-13(2)6-7-17(16)20-4/h6-7,12,14-15,18H,5,8-11H2,1-4H3. The van der Waals surface area contributed by atoms with Crippen LogP contribution in [0, 0.1) is 6.92 Å². The molecule has 1 N–H and O–H groups in total. The van der Waals surface area contributed by atoms with Crippen LogP contribution in [0.2, 0.25) is 0 Å². The molecule has 2 unspecified atom stereocenters. The minimum atomic E-state index is 0.582. The molecule has 1 aliphatic rings. The lowest BCUT2D eigenvalue weighted by Crippen LogP contribution is -2.44. The molecule has 1 aromatic carbocycles. The zero-order valence-corrected chi connectivity index (χ0v) is 13.3. The Kier molecular flexibility index (Phi) is 5.30. The number of nitrogens with zero attached hydrogens (tertiary/aromatic N) is 1. The van der Waals surface area contributed by atoms with Crippen LogP contribution in [0.1, 0.15) is 38.7 Å². The number of anilines is 1. The molecule has 1 aliphatic heterocycles. The molecule has 1 fully saturated rings.